The van der Waals surface area contributed by atoms with Crippen molar-refractivity contribution in [1.82, 2.24) is 0 Å². The molecule has 0 aromatic carbocycles. The van der Waals surface area contributed by atoms with Gasteiger partial charge in [0.2, 0.25) is 0 Å². The molecule has 4 nitrogen and oxygen atoms in total. The molecule has 0 aliphatic heterocycles. The quantitative estimate of drug-likeness (QED) is 0.487. The van der Waals surface area contributed by atoms with Crippen LogP contribution in [0.5, 0.6) is 0 Å². The van der Waals surface area contributed by atoms with Crippen LogP contribution in [-0.4, -0.2) is 24.8 Å². The third-order valence-corrected chi connectivity index (χ3v) is 2.70. The van der Waals surface area contributed by atoms with Crippen molar-refractivity contribution in [2.75, 3.05) is 5.75 Å². The highest BCUT2D eigenvalue weighted by Crippen LogP contribution is 2.05. The van der Waals surface area contributed by atoms with Gasteiger partial charge in [0.15, 0.2) is 0 Å². The Morgan fingerprint density at radius 3 is 2.38 bits per heavy atom. The molecule has 0 aliphatic rings. The molecule has 0 heterocycles. The predicted molar refractivity (Wildman–Crippen MR) is 53.2 cm³/mol. The van der Waals surface area contributed by atoms with Crippen molar-refractivity contribution in [3.05, 3.63) is 0 Å². The van der Waals surface area contributed by atoms with E-state index < -0.39 is 16.2 Å². The first kappa shape index (κ1) is 12.9. The number of hydrogen-bond acceptors (Lipinski definition) is 3. The molecule has 1 unspecified atom stereocenters. The number of unbranched alkanes of at least 4 members (excludes halogenated alkanes) is 3. The van der Waals surface area contributed by atoms with Crippen LogP contribution in [0, 0.1) is 0 Å². The summed E-state index contributed by atoms with van der Waals surface area (Å²) in [5.74, 6) is -0.320. The van der Waals surface area contributed by atoms with Crippen molar-refractivity contribution < 1.29 is 13.0 Å². The van der Waals surface area contributed by atoms with E-state index in [9.17, 15) is 8.42 Å². The number of hydrogen-bond donors (Lipinski definition) is 2. The van der Waals surface area contributed by atoms with Gasteiger partial charge in [-0.3, -0.25) is 4.55 Å². The van der Waals surface area contributed by atoms with Crippen LogP contribution in [0.3, 0.4) is 0 Å². The SMILES string of the molecule is CCCCCCC(N)CS(=O)(=O)O. The summed E-state index contributed by atoms with van der Waals surface area (Å²) in [6.45, 7) is 2.11. The minimum atomic E-state index is -3.89. The molecule has 3 N–H and O–H groups in total. The Morgan fingerprint density at radius 2 is 1.92 bits per heavy atom. The van der Waals surface area contributed by atoms with E-state index in [0.717, 1.165) is 25.7 Å². The highest BCUT2D eigenvalue weighted by Gasteiger charge is 2.11. The molecule has 0 rings (SSSR count). The zero-order chi connectivity index (χ0) is 10.3. The summed E-state index contributed by atoms with van der Waals surface area (Å²) in [5, 5.41) is 0. The first-order valence-electron chi connectivity index (χ1n) is 4.66. The van der Waals surface area contributed by atoms with E-state index in [1.807, 2.05) is 0 Å². The average molecular weight is 209 g/mol. The fourth-order valence-corrected chi connectivity index (χ4v) is 1.89. The third-order valence-electron chi connectivity index (χ3n) is 1.85. The minimum absolute atomic E-state index is 0.320. The van der Waals surface area contributed by atoms with Crippen LogP contribution in [0.25, 0.3) is 0 Å². The molecule has 5 heteroatoms. The van der Waals surface area contributed by atoms with Gasteiger partial charge in [0.05, 0.1) is 5.75 Å². The van der Waals surface area contributed by atoms with Gasteiger partial charge in [-0.1, -0.05) is 32.6 Å². The smallest absolute Gasteiger partial charge is 0.266 e. The Morgan fingerprint density at radius 1 is 1.31 bits per heavy atom. The van der Waals surface area contributed by atoms with Crippen molar-refractivity contribution in [3.8, 4) is 0 Å². The standard InChI is InChI=1S/C8H19NO3S/c1-2-3-4-5-6-8(9)7-13(10,11)12/h8H,2-7,9H2,1H3,(H,10,11,12). The van der Waals surface area contributed by atoms with Gasteiger partial charge in [0.1, 0.15) is 0 Å². The molecule has 0 bridgehead atoms. The molecule has 80 valence electrons. The Labute approximate surface area is 80.3 Å². The van der Waals surface area contributed by atoms with Gasteiger partial charge in [0.25, 0.3) is 10.1 Å². The van der Waals surface area contributed by atoms with Crippen molar-refractivity contribution in [1.29, 1.82) is 0 Å². The van der Waals surface area contributed by atoms with Gasteiger partial charge in [-0.15, -0.1) is 0 Å². The summed E-state index contributed by atoms with van der Waals surface area (Å²) in [6.07, 6.45) is 4.98. The van der Waals surface area contributed by atoms with E-state index in [2.05, 4.69) is 6.92 Å². The zero-order valence-electron chi connectivity index (χ0n) is 8.07. The summed E-state index contributed by atoms with van der Waals surface area (Å²) in [6, 6.07) is -0.424. The summed E-state index contributed by atoms with van der Waals surface area (Å²) < 4.78 is 29.3. The van der Waals surface area contributed by atoms with Crippen molar-refractivity contribution in [2.24, 2.45) is 5.73 Å². The molecule has 0 fully saturated rings. The lowest BCUT2D eigenvalue weighted by Gasteiger charge is -2.08. The zero-order valence-corrected chi connectivity index (χ0v) is 8.89. The second-order valence-electron chi connectivity index (χ2n) is 3.36. The fourth-order valence-electron chi connectivity index (χ4n) is 1.19. The molecule has 0 amide bonds. The molecule has 0 aromatic rings. The molecular weight excluding hydrogens is 190 g/mol. The van der Waals surface area contributed by atoms with E-state index >= 15 is 0 Å². The molecule has 0 spiro atoms. The molecule has 0 aromatic heterocycles. The summed E-state index contributed by atoms with van der Waals surface area (Å²) >= 11 is 0. The topological polar surface area (TPSA) is 80.4 Å². The van der Waals surface area contributed by atoms with Crippen molar-refractivity contribution >= 4 is 10.1 Å². The van der Waals surface area contributed by atoms with Gasteiger partial charge in [-0.05, 0) is 6.42 Å². The summed E-state index contributed by atoms with van der Waals surface area (Å²) in [4.78, 5) is 0. The Bertz CT molecular complexity index is 213. The van der Waals surface area contributed by atoms with Crippen LogP contribution >= 0.6 is 0 Å². The molecule has 0 aliphatic carbocycles. The Hall–Kier alpha value is -0.130. The maximum absolute atomic E-state index is 10.4. The van der Waals surface area contributed by atoms with E-state index in [4.69, 9.17) is 10.3 Å². The second kappa shape index (κ2) is 6.34. The Balaban J connectivity index is 3.47. The molecule has 13 heavy (non-hydrogen) atoms. The molecule has 1 atom stereocenters. The first-order chi connectivity index (χ1) is 5.95. The lowest BCUT2D eigenvalue weighted by molar-refractivity contribution is 0.471. The predicted octanol–water partition coefficient (Wildman–Crippen LogP) is 1.17. The molecule has 0 saturated carbocycles. The molecule has 0 radical (unpaired) electrons. The molecular formula is C8H19NO3S. The number of rotatable bonds is 7. The van der Waals surface area contributed by atoms with E-state index in [1.54, 1.807) is 0 Å². The Kier molecular flexibility index (Phi) is 6.28. The lowest BCUT2D eigenvalue weighted by atomic mass is 10.1. The van der Waals surface area contributed by atoms with Crippen LogP contribution in [0.15, 0.2) is 0 Å². The second-order valence-corrected chi connectivity index (χ2v) is 4.86. The van der Waals surface area contributed by atoms with Crippen molar-refractivity contribution in [3.63, 3.8) is 0 Å². The van der Waals surface area contributed by atoms with Gasteiger partial charge in [-0.25, -0.2) is 0 Å². The van der Waals surface area contributed by atoms with Crippen LogP contribution < -0.4 is 5.73 Å². The van der Waals surface area contributed by atoms with Crippen LogP contribution in [0.2, 0.25) is 0 Å². The lowest BCUT2D eigenvalue weighted by Crippen LogP contribution is -2.29. The fraction of sp³-hybridized carbons (Fsp3) is 1.00. The van der Waals surface area contributed by atoms with E-state index in [-0.39, 0.29) is 5.75 Å². The normalized spacial score (nSPS) is 14.4. The summed E-state index contributed by atoms with van der Waals surface area (Å²) in [5.41, 5.74) is 5.50. The number of nitrogens with two attached hydrogens (primary N) is 1. The monoisotopic (exact) mass is 209 g/mol. The highest BCUT2D eigenvalue weighted by atomic mass is 32.2. The van der Waals surface area contributed by atoms with E-state index in [1.165, 1.54) is 0 Å². The molecule has 0 saturated heterocycles. The van der Waals surface area contributed by atoms with Crippen LogP contribution in [0.1, 0.15) is 39.0 Å². The van der Waals surface area contributed by atoms with Gasteiger partial charge in [0, 0.05) is 6.04 Å². The van der Waals surface area contributed by atoms with Gasteiger partial charge >= 0.3 is 0 Å². The minimum Gasteiger partial charge on any atom is -0.327 e. The first-order valence-corrected chi connectivity index (χ1v) is 6.27. The average Bonchev–Trinajstić information content (AvgIpc) is 1.94. The summed E-state index contributed by atoms with van der Waals surface area (Å²) in [7, 11) is -3.89. The highest BCUT2D eigenvalue weighted by molar-refractivity contribution is 7.85. The largest absolute Gasteiger partial charge is 0.327 e. The van der Waals surface area contributed by atoms with Gasteiger partial charge < -0.3 is 5.73 Å². The van der Waals surface area contributed by atoms with Gasteiger partial charge in [-0.2, -0.15) is 8.42 Å². The van der Waals surface area contributed by atoms with Crippen LogP contribution in [0.4, 0.5) is 0 Å². The van der Waals surface area contributed by atoms with Crippen LogP contribution in [-0.2, 0) is 10.1 Å². The van der Waals surface area contributed by atoms with Crippen molar-refractivity contribution in [2.45, 2.75) is 45.1 Å². The maximum atomic E-state index is 10.4. The third kappa shape index (κ3) is 9.79. The maximum Gasteiger partial charge on any atom is 0.266 e. The van der Waals surface area contributed by atoms with E-state index in [0.29, 0.717) is 6.42 Å².